The molecule has 17 heavy (non-hydrogen) atoms. The molecule has 4 nitrogen and oxygen atoms in total. The molecule has 1 unspecified atom stereocenters. The van der Waals surface area contributed by atoms with Gasteiger partial charge in [0.25, 0.3) is 5.91 Å². The van der Waals surface area contributed by atoms with Crippen molar-refractivity contribution in [3.63, 3.8) is 0 Å². The number of nitrogens with zero attached hydrogens (tertiary/aromatic N) is 1. The average Bonchev–Trinajstić information content (AvgIpc) is 2.72. The number of aliphatic hydroxyl groups is 1. The maximum Gasteiger partial charge on any atom is 0.267 e. The molecule has 0 radical (unpaired) electrons. The Morgan fingerprint density at radius 1 is 1.53 bits per heavy atom. The third kappa shape index (κ3) is 4.23. The molecule has 1 rings (SSSR count). The van der Waals surface area contributed by atoms with Gasteiger partial charge in [0.05, 0.1) is 6.10 Å². The Labute approximate surface area is 103 Å². The highest BCUT2D eigenvalue weighted by Gasteiger charge is 2.12. The van der Waals surface area contributed by atoms with Gasteiger partial charge >= 0.3 is 0 Å². The summed E-state index contributed by atoms with van der Waals surface area (Å²) in [7, 11) is 0. The average molecular weight is 238 g/mol. The fraction of sp³-hybridized carbons (Fsp3) is 0.615. The number of carbonyl (C=O) groups is 1. The molecular formula is C13H22N2O2. The summed E-state index contributed by atoms with van der Waals surface area (Å²) >= 11 is 0. The van der Waals surface area contributed by atoms with E-state index in [2.05, 4.69) is 5.32 Å². The van der Waals surface area contributed by atoms with Crippen molar-refractivity contribution in [2.75, 3.05) is 6.54 Å². The van der Waals surface area contributed by atoms with Crippen molar-refractivity contribution in [3.05, 3.63) is 24.0 Å². The van der Waals surface area contributed by atoms with E-state index in [0.29, 0.717) is 24.6 Å². The summed E-state index contributed by atoms with van der Waals surface area (Å²) in [5.74, 6) is 0.307. The van der Waals surface area contributed by atoms with Crippen LogP contribution in [0, 0.1) is 5.92 Å². The van der Waals surface area contributed by atoms with Crippen LogP contribution in [0.4, 0.5) is 0 Å². The van der Waals surface area contributed by atoms with Crippen molar-refractivity contribution in [2.45, 2.75) is 39.8 Å². The Morgan fingerprint density at radius 3 is 2.82 bits per heavy atom. The third-order valence-electron chi connectivity index (χ3n) is 2.64. The van der Waals surface area contributed by atoms with Crippen molar-refractivity contribution in [1.29, 1.82) is 0 Å². The third-order valence-corrected chi connectivity index (χ3v) is 2.64. The van der Waals surface area contributed by atoms with Crippen molar-refractivity contribution in [3.8, 4) is 0 Å². The van der Waals surface area contributed by atoms with Crippen LogP contribution in [0.5, 0.6) is 0 Å². The first-order valence-electron chi connectivity index (χ1n) is 6.16. The van der Waals surface area contributed by atoms with E-state index in [9.17, 15) is 9.90 Å². The molecule has 0 bridgehead atoms. The smallest absolute Gasteiger partial charge is 0.267 e. The zero-order valence-corrected chi connectivity index (χ0v) is 10.8. The molecule has 0 aliphatic heterocycles. The highest BCUT2D eigenvalue weighted by molar-refractivity contribution is 5.92. The number of carbonyl (C=O) groups excluding carboxylic acids is 1. The highest BCUT2D eigenvalue weighted by atomic mass is 16.3. The standard InChI is InChI=1S/C13H22N2O2/c1-4-15-7-5-6-12(15)13(17)14-9-11(16)8-10(2)3/h5-7,10-11,16H,4,8-9H2,1-3H3,(H,14,17). The predicted molar refractivity (Wildman–Crippen MR) is 67.9 cm³/mol. The molecule has 0 saturated carbocycles. The van der Waals surface area contributed by atoms with Gasteiger partial charge < -0.3 is 15.0 Å². The summed E-state index contributed by atoms with van der Waals surface area (Å²) < 4.78 is 1.88. The molecule has 4 heteroatoms. The van der Waals surface area contributed by atoms with E-state index in [1.807, 2.05) is 37.6 Å². The summed E-state index contributed by atoms with van der Waals surface area (Å²) in [6.45, 7) is 7.17. The molecule has 0 aliphatic carbocycles. The minimum atomic E-state index is -0.469. The predicted octanol–water partition coefficient (Wildman–Crippen LogP) is 1.64. The largest absolute Gasteiger partial charge is 0.391 e. The molecule has 96 valence electrons. The number of aromatic nitrogens is 1. The first kappa shape index (κ1) is 13.8. The number of hydrogen-bond acceptors (Lipinski definition) is 2. The summed E-state index contributed by atoms with van der Waals surface area (Å²) in [5, 5.41) is 12.4. The van der Waals surface area contributed by atoms with Gasteiger partial charge in [-0.05, 0) is 31.4 Å². The van der Waals surface area contributed by atoms with Gasteiger partial charge in [-0.2, -0.15) is 0 Å². The lowest BCUT2D eigenvalue weighted by Gasteiger charge is -2.14. The Balaban J connectivity index is 2.45. The number of aryl methyl sites for hydroxylation is 1. The molecule has 0 aliphatic rings. The van der Waals surface area contributed by atoms with Crippen molar-refractivity contribution in [2.24, 2.45) is 5.92 Å². The van der Waals surface area contributed by atoms with E-state index < -0.39 is 6.10 Å². The Morgan fingerprint density at radius 2 is 2.24 bits per heavy atom. The van der Waals surface area contributed by atoms with Gasteiger partial charge in [0.15, 0.2) is 0 Å². The van der Waals surface area contributed by atoms with Gasteiger partial charge in [0.2, 0.25) is 0 Å². The number of nitrogens with one attached hydrogen (secondary N) is 1. The summed E-state index contributed by atoms with van der Waals surface area (Å²) in [6, 6.07) is 3.64. The molecule has 2 N–H and O–H groups in total. The summed E-state index contributed by atoms with van der Waals surface area (Å²) in [5.41, 5.74) is 0.643. The van der Waals surface area contributed by atoms with E-state index in [4.69, 9.17) is 0 Å². The number of rotatable bonds is 6. The van der Waals surface area contributed by atoms with Gasteiger partial charge in [0, 0.05) is 19.3 Å². The summed E-state index contributed by atoms with van der Waals surface area (Å²) in [6.07, 6.45) is 2.11. The monoisotopic (exact) mass is 238 g/mol. The molecule has 0 spiro atoms. The van der Waals surface area contributed by atoms with Crippen LogP contribution < -0.4 is 5.32 Å². The van der Waals surface area contributed by atoms with Crippen LogP contribution in [-0.4, -0.2) is 28.2 Å². The van der Waals surface area contributed by atoms with Crippen LogP contribution in [0.2, 0.25) is 0 Å². The molecule has 0 saturated heterocycles. The van der Waals surface area contributed by atoms with Gasteiger partial charge in [-0.15, -0.1) is 0 Å². The maximum atomic E-state index is 11.8. The fourth-order valence-electron chi connectivity index (χ4n) is 1.82. The van der Waals surface area contributed by atoms with E-state index in [1.165, 1.54) is 0 Å². The van der Waals surface area contributed by atoms with Crippen LogP contribution in [0.3, 0.4) is 0 Å². The lowest BCUT2D eigenvalue weighted by Crippen LogP contribution is -2.33. The molecule has 0 aromatic carbocycles. The van der Waals surface area contributed by atoms with Crippen molar-refractivity contribution >= 4 is 5.91 Å². The van der Waals surface area contributed by atoms with Gasteiger partial charge in [-0.25, -0.2) is 0 Å². The van der Waals surface area contributed by atoms with E-state index in [0.717, 1.165) is 6.54 Å². The topological polar surface area (TPSA) is 54.3 Å². The Kier molecular flexibility index (Phi) is 5.22. The highest BCUT2D eigenvalue weighted by Crippen LogP contribution is 2.05. The van der Waals surface area contributed by atoms with Crippen LogP contribution in [-0.2, 0) is 6.54 Å². The number of hydrogen-bond donors (Lipinski definition) is 2. The zero-order chi connectivity index (χ0) is 12.8. The molecule has 1 atom stereocenters. The molecule has 1 aromatic rings. The Bertz CT molecular complexity index is 358. The van der Waals surface area contributed by atoms with E-state index in [-0.39, 0.29) is 5.91 Å². The second kappa shape index (κ2) is 6.45. The first-order valence-corrected chi connectivity index (χ1v) is 6.16. The SMILES string of the molecule is CCn1cccc1C(=O)NCC(O)CC(C)C. The minimum absolute atomic E-state index is 0.125. The van der Waals surface area contributed by atoms with Crippen LogP contribution in [0.25, 0.3) is 0 Å². The van der Waals surface area contributed by atoms with Gasteiger partial charge in [-0.3, -0.25) is 4.79 Å². The first-order chi connectivity index (χ1) is 8.04. The molecule has 1 amide bonds. The fourth-order valence-corrected chi connectivity index (χ4v) is 1.82. The number of amides is 1. The van der Waals surface area contributed by atoms with Crippen LogP contribution >= 0.6 is 0 Å². The molecule has 1 heterocycles. The van der Waals surface area contributed by atoms with Crippen LogP contribution in [0.15, 0.2) is 18.3 Å². The van der Waals surface area contributed by atoms with Crippen LogP contribution in [0.1, 0.15) is 37.7 Å². The second-order valence-corrected chi connectivity index (χ2v) is 4.67. The molecule has 0 fully saturated rings. The molecule has 1 aromatic heterocycles. The lowest BCUT2D eigenvalue weighted by molar-refractivity contribution is 0.0891. The van der Waals surface area contributed by atoms with E-state index in [1.54, 1.807) is 6.07 Å². The second-order valence-electron chi connectivity index (χ2n) is 4.67. The minimum Gasteiger partial charge on any atom is -0.391 e. The maximum absolute atomic E-state index is 11.8. The van der Waals surface area contributed by atoms with E-state index >= 15 is 0 Å². The van der Waals surface area contributed by atoms with Gasteiger partial charge in [-0.1, -0.05) is 13.8 Å². The van der Waals surface area contributed by atoms with Gasteiger partial charge in [0.1, 0.15) is 5.69 Å². The normalized spacial score (nSPS) is 12.8. The summed E-state index contributed by atoms with van der Waals surface area (Å²) in [4.78, 5) is 11.8. The lowest BCUT2D eigenvalue weighted by atomic mass is 10.1. The Hall–Kier alpha value is -1.29. The van der Waals surface area contributed by atoms with Crippen molar-refractivity contribution in [1.82, 2.24) is 9.88 Å². The quantitative estimate of drug-likeness (QED) is 0.791. The van der Waals surface area contributed by atoms with Crippen molar-refractivity contribution < 1.29 is 9.90 Å². The zero-order valence-electron chi connectivity index (χ0n) is 10.8. The number of aliphatic hydroxyl groups excluding tert-OH is 1. The molecular weight excluding hydrogens is 216 g/mol.